The van der Waals surface area contributed by atoms with E-state index in [2.05, 4.69) is 15.2 Å². The molecule has 0 bridgehead atoms. The van der Waals surface area contributed by atoms with E-state index in [0.717, 1.165) is 50.2 Å². The predicted octanol–water partition coefficient (Wildman–Crippen LogP) is 3.30. The third kappa shape index (κ3) is 3.73. The Balaban J connectivity index is 1.86. The van der Waals surface area contributed by atoms with Gasteiger partial charge in [0.05, 0.1) is 11.3 Å². The maximum Gasteiger partial charge on any atom is 0.416 e. The zero-order valence-electron chi connectivity index (χ0n) is 12.3. The lowest BCUT2D eigenvalue weighted by molar-refractivity contribution is -0.137. The van der Waals surface area contributed by atoms with E-state index in [9.17, 15) is 13.2 Å². The number of alkyl halides is 3. The van der Waals surface area contributed by atoms with E-state index in [0.29, 0.717) is 5.75 Å². The third-order valence-electron chi connectivity index (χ3n) is 3.60. The van der Waals surface area contributed by atoms with Gasteiger partial charge in [0.15, 0.2) is 5.75 Å². The highest BCUT2D eigenvalue weighted by Gasteiger charge is 2.31. The van der Waals surface area contributed by atoms with E-state index in [1.165, 1.54) is 0 Å². The quantitative estimate of drug-likeness (QED) is 0.940. The molecule has 1 fully saturated rings. The summed E-state index contributed by atoms with van der Waals surface area (Å²) in [7, 11) is 0. The Labute approximate surface area is 131 Å². The van der Waals surface area contributed by atoms with Crippen LogP contribution in [-0.4, -0.2) is 31.2 Å². The number of nitrogens with zero attached hydrogens (tertiary/aromatic N) is 2. The van der Waals surface area contributed by atoms with Gasteiger partial charge in [-0.05, 0) is 18.2 Å². The largest absolute Gasteiger partial charge is 0.437 e. The number of rotatable bonds is 3. The van der Waals surface area contributed by atoms with Gasteiger partial charge in [-0.3, -0.25) is 0 Å². The van der Waals surface area contributed by atoms with Gasteiger partial charge in [0.1, 0.15) is 0 Å². The molecule has 7 heteroatoms. The summed E-state index contributed by atoms with van der Waals surface area (Å²) in [6, 6.07) is 9.13. The standard InChI is InChI=1S/C16H16F3N3O/c17-16(18,19)12-5-6-21-15(11-12)23-14-4-2-1-3-13(14)22-9-7-20-8-10-22/h1-6,11,20H,7-10H2. The van der Waals surface area contributed by atoms with Gasteiger partial charge in [-0.15, -0.1) is 0 Å². The van der Waals surface area contributed by atoms with Gasteiger partial charge in [-0.1, -0.05) is 12.1 Å². The molecule has 2 heterocycles. The summed E-state index contributed by atoms with van der Waals surface area (Å²) in [5, 5.41) is 3.26. The summed E-state index contributed by atoms with van der Waals surface area (Å²) in [6.45, 7) is 3.35. The molecule has 0 saturated carbocycles. The minimum Gasteiger partial charge on any atom is -0.437 e. The fraction of sp³-hybridized carbons (Fsp3) is 0.312. The monoisotopic (exact) mass is 323 g/mol. The summed E-state index contributed by atoms with van der Waals surface area (Å²) in [6.07, 6.45) is -3.31. The maximum atomic E-state index is 12.8. The molecule has 1 aliphatic rings. The van der Waals surface area contributed by atoms with Gasteiger partial charge in [0.2, 0.25) is 5.88 Å². The molecule has 3 rings (SSSR count). The molecule has 0 unspecified atom stereocenters. The molecular formula is C16H16F3N3O. The molecule has 0 radical (unpaired) electrons. The normalized spacial score (nSPS) is 15.5. The Morgan fingerprint density at radius 2 is 1.83 bits per heavy atom. The van der Waals surface area contributed by atoms with Gasteiger partial charge in [-0.2, -0.15) is 13.2 Å². The van der Waals surface area contributed by atoms with Crippen LogP contribution >= 0.6 is 0 Å². The Hall–Kier alpha value is -2.28. The SMILES string of the molecule is FC(F)(F)c1ccnc(Oc2ccccc2N2CCNCC2)c1. The number of ether oxygens (including phenoxy) is 1. The summed E-state index contributed by atoms with van der Waals surface area (Å²) in [5.74, 6) is 0.434. The lowest BCUT2D eigenvalue weighted by atomic mass is 10.2. The van der Waals surface area contributed by atoms with E-state index in [4.69, 9.17) is 4.74 Å². The van der Waals surface area contributed by atoms with Gasteiger partial charge < -0.3 is 15.0 Å². The number of hydrogen-bond donors (Lipinski definition) is 1. The fourth-order valence-electron chi connectivity index (χ4n) is 2.46. The molecule has 23 heavy (non-hydrogen) atoms. The first-order valence-electron chi connectivity index (χ1n) is 7.30. The highest BCUT2D eigenvalue weighted by Crippen LogP contribution is 2.34. The van der Waals surface area contributed by atoms with Crippen molar-refractivity contribution in [2.24, 2.45) is 0 Å². The number of nitrogens with one attached hydrogen (secondary N) is 1. The Bertz CT molecular complexity index is 670. The fourth-order valence-corrected chi connectivity index (χ4v) is 2.46. The van der Waals surface area contributed by atoms with Crippen molar-refractivity contribution in [2.45, 2.75) is 6.18 Å². The Morgan fingerprint density at radius 3 is 2.57 bits per heavy atom. The average Bonchev–Trinajstić information content (AvgIpc) is 2.56. The van der Waals surface area contributed by atoms with Crippen LogP contribution in [0, 0.1) is 0 Å². The molecule has 0 aliphatic carbocycles. The number of hydrogen-bond acceptors (Lipinski definition) is 4. The molecule has 1 aromatic carbocycles. The Kier molecular flexibility index (Phi) is 4.38. The lowest BCUT2D eigenvalue weighted by Crippen LogP contribution is -2.43. The summed E-state index contributed by atoms with van der Waals surface area (Å²) < 4.78 is 44.0. The number of piperazine rings is 1. The third-order valence-corrected chi connectivity index (χ3v) is 3.60. The second-order valence-corrected chi connectivity index (χ2v) is 5.19. The van der Waals surface area contributed by atoms with Crippen LogP contribution in [0.1, 0.15) is 5.56 Å². The van der Waals surface area contributed by atoms with Crippen molar-refractivity contribution in [3.05, 3.63) is 48.2 Å². The van der Waals surface area contributed by atoms with E-state index in [-0.39, 0.29) is 5.88 Å². The molecule has 1 N–H and O–H groups in total. The molecule has 1 aromatic heterocycles. The van der Waals surface area contributed by atoms with Crippen LogP contribution in [0.3, 0.4) is 0 Å². The van der Waals surface area contributed by atoms with E-state index < -0.39 is 11.7 Å². The molecule has 2 aromatic rings. The maximum absolute atomic E-state index is 12.8. The van der Waals surface area contributed by atoms with Crippen LogP contribution in [0.4, 0.5) is 18.9 Å². The average molecular weight is 323 g/mol. The van der Waals surface area contributed by atoms with Crippen LogP contribution in [0.2, 0.25) is 0 Å². The number of para-hydroxylation sites is 2. The zero-order chi connectivity index (χ0) is 16.3. The Morgan fingerprint density at radius 1 is 1.09 bits per heavy atom. The number of pyridine rings is 1. The minimum absolute atomic E-state index is 0.0672. The number of halogens is 3. The van der Waals surface area contributed by atoms with Crippen molar-refractivity contribution < 1.29 is 17.9 Å². The van der Waals surface area contributed by atoms with Gasteiger partial charge >= 0.3 is 6.18 Å². The van der Waals surface area contributed by atoms with Gasteiger partial charge in [0, 0.05) is 38.4 Å². The minimum atomic E-state index is -4.42. The molecule has 1 saturated heterocycles. The molecule has 4 nitrogen and oxygen atoms in total. The second kappa shape index (κ2) is 6.45. The van der Waals surface area contributed by atoms with Gasteiger partial charge in [-0.25, -0.2) is 4.98 Å². The van der Waals surface area contributed by atoms with E-state index in [1.54, 1.807) is 12.1 Å². The van der Waals surface area contributed by atoms with Crippen LogP contribution in [0.25, 0.3) is 0 Å². The van der Waals surface area contributed by atoms with Crippen molar-refractivity contribution in [2.75, 3.05) is 31.1 Å². The molecule has 122 valence electrons. The van der Waals surface area contributed by atoms with E-state index >= 15 is 0 Å². The highest BCUT2D eigenvalue weighted by atomic mass is 19.4. The van der Waals surface area contributed by atoms with Crippen molar-refractivity contribution >= 4 is 5.69 Å². The number of aromatic nitrogens is 1. The van der Waals surface area contributed by atoms with Crippen LogP contribution in [0.15, 0.2) is 42.6 Å². The molecule has 0 spiro atoms. The highest BCUT2D eigenvalue weighted by molar-refractivity contribution is 5.59. The van der Waals surface area contributed by atoms with Crippen molar-refractivity contribution in [1.82, 2.24) is 10.3 Å². The van der Waals surface area contributed by atoms with Crippen LogP contribution < -0.4 is 15.0 Å². The summed E-state index contributed by atoms with van der Waals surface area (Å²) in [4.78, 5) is 6.02. The summed E-state index contributed by atoms with van der Waals surface area (Å²) >= 11 is 0. The first-order chi connectivity index (χ1) is 11.0. The number of benzene rings is 1. The molecular weight excluding hydrogens is 307 g/mol. The lowest BCUT2D eigenvalue weighted by Gasteiger charge is -2.30. The van der Waals surface area contributed by atoms with Gasteiger partial charge in [0.25, 0.3) is 0 Å². The van der Waals surface area contributed by atoms with Crippen LogP contribution in [0.5, 0.6) is 11.6 Å². The molecule has 1 aliphatic heterocycles. The van der Waals surface area contributed by atoms with Crippen molar-refractivity contribution in [3.63, 3.8) is 0 Å². The predicted molar refractivity (Wildman–Crippen MR) is 80.8 cm³/mol. The first kappa shape index (κ1) is 15.6. The van der Waals surface area contributed by atoms with E-state index in [1.807, 2.05) is 12.1 Å². The summed E-state index contributed by atoms with van der Waals surface area (Å²) in [5.41, 5.74) is 0.0790. The second-order valence-electron chi connectivity index (χ2n) is 5.19. The zero-order valence-corrected chi connectivity index (χ0v) is 12.3. The van der Waals surface area contributed by atoms with Crippen molar-refractivity contribution in [3.8, 4) is 11.6 Å². The molecule has 0 atom stereocenters. The smallest absolute Gasteiger partial charge is 0.416 e. The van der Waals surface area contributed by atoms with Crippen LogP contribution in [-0.2, 0) is 6.18 Å². The molecule has 0 amide bonds. The first-order valence-corrected chi connectivity index (χ1v) is 7.30. The van der Waals surface area contributed by atoms with Crippen molar-refractivity contribution in [1.29, 1.82) is 0 Å². The number of anilines is 1. The topological polar surface area (TPSA) is 37.4 Å².